The van der Waals surface area contributed by atoms with Crippen molar-refractivity contribution in [1.29, 1.82) is 0 Å². The van der Waals surface area contributed by atoms with Crippen molar-refractivity contribution in [1.82, 2.24) is 0 Å². The molecule has 2 nitrogen and oxygen atoms in total. The van der Waals surface area contributed by atoms with E-state index in [4.69, 9.17) is 5.11 Å². The molecule has 16 heavy (non-hydrogen) atoms. The van der Waals surface area contributed by atoms with Crippen LogP contribution in [0.1, 0.15) is 24.8 Å². The van der Waals surface area contributed by atoms with E-state index < -0.39 is 5.97 Å². The summed E-state index contributed by atoms with van der Waals surface area (Å²) < 4.78 is 13.0. The van der Waals surface area contributed by atoms with Crippen molar-refractivity contribution in [2.75, 3.05) is 0 Å². The maximum absolute atomic E-state index is 13.0. The fourth-order valence-corrected chi connectivity index (χ4v) is 2.57. The number of rotatable bonds is 3. The van der Waals surface area contributed by atoms with Crippen molar-refractivity contribution < 1.29 is 14.3 Å². The van der Waals surface area contributed by atoms with E-state index >= 15 is 0 Å². The van der Waals surface area contributed by atoms with Crippen LogP contribution in [0.25, 0.3) is 0 Å². The van der Waals surface area contributed by atoms with Gasteiger partial charge in [-0.3, -0.25) is 4.79 Å². The van der Waals surface area contributed by atoms with E-state index in [9.17, 15) is 9.18 Å². The van der Waals surface area contributed by atoms with Crippen LogP contribution in [-0.2, 0) is 11.2 Å². The molecule has 1 aromatic rings. The Labute approximate surface area is 94.1 Å². The van der Waals surface area contributed by atoms with E-state index in [-0.39, 0.29) is 17.7 Å². The number of hydrogen-bond donors (Lipinski definition) is 1. The zero-order valence-electron chi connectivity index (χ0n) is 9.03. The van der Waals surface area contributed by atoms with Gasteiger partial charge >= 0.3 is 5.97 Å². The second-order valence-electron chi connectivity index (χ2n) is 4.47. The van der Waals surface area contributed by atoms with Gasteiger partial charge in [-0.25, -0.2) is 4.39 Å². The van der Waals surface area contributed by atoms with Gasteiger partial charge in [-0.1, -0.05) is 18.6 Å². The lowest BCUT2D eigenvalue weighted by molar-refractivity contribution is -0.142. The van der Waals surface area contributed by atoms with Crippen molar-refractivity contribution >= 4 is 5.97 Å². The molecule has 1 N–H and O–H groups in total. The highest BCUT2D eigenvalue weighted by atomic mass is 19.1. The minimum atomic E-state index is -0.709. The molecule has 1 aliphatic rings. The number of benzene rings is 1. The predicted octanol–water partition coefficient (Wildman–Crippen LogP) is 2.87. The summed E-state index contributed by atoms with van der Waals surface area (Å²) in [5.74, 6) is -1.04. The summed E-state index contributed by atoms with van der Waals surface area (Å²) in [5, 5.41) is 9.04. The zero-order chi connectivity index (χ0) is 11.5. The van der Waals surface area contributed by atoms with Gasteiger partial charge in [-0.05, 0) is 42.9 Å². The van der Waals surface area contributed by atoms with E-state index in [0.717, 1.165) is 24.8 Å². The molecular weight excluding hydrogens is 207 g/mol. The Kier molecular flexibility index (Phi) is 3.22. The molecule has 0 amide bonds. The second kappa shape index (κ2) is 4.64. The van der Waals surface area contributed by atoms with E-state index in [2.05, 4.69) is 0 Å². The molecule has 2 rings (SSSR count). The molecule has 0 bridgehead atoms. The molecule has 0 aromatic heterocycles. The second-order valence-corrected chi connectivity index (χ2v) is 4.47. The fourth-order valence-electron chi connectivity index (χ4n) is 2.57. The normalized spacial score (nSPS) is 24.6. The topological polar surface area (TPSA) is 37.3 Å². The molecule has 2 unspecified atom stereocenters. The van der Waals surface area contributed by atoms with Crippen molar-refractivity contribution in [3.05, 3.63) is 35.6 Å². The number of carboxylic acid groups (broad SMARTS) is 1. The van der Waals surface area contributed by atoms with Gasteiger partial charge < -0.3 is 5.11 Å². The molecule has 86 valence electrons. The molecular formula is C13H15FO2. The third-order valence-electron chi connectivity index (χ3n) is 3.36. The van der Waals surface area contributed by atoms with Gasteiger partial charge in [-0.15, -0.1) is 0 Å². The van der Waals surface area contributed by atoms with Gasteiger partial charge in [0.25, 0.3) is 0 Å². The molecule has 0 spiro atoms. The monoisotopic (exact) mass is 222 g/mol. The molecule has 0 aliphatic heterocycles. The summed E-state index contributed by atoms with van der Waals surface area (Å²) in [6.07, 6.45) is 3.34. The summed E-state index contributed by atoms with van der Waals surface area (Å²) in [4.78, 5) is 11.0. The van der Waals surface area contributed by atoms with Gasteiger partial charge in [0.1, 0.15) is 5.82 Å². The quantitative estimate of drug-likeness (QED) is 0.853. The Morgan fingerprint density at radius 3 is 2.94 bits per heavy atom. The standard InChI is InChI=1S/C13H15FO2/c14-11-5-1-3-9(8-11)7-10-4-2-6-12(10)13(15)16/h1,3,5,8,10,12H,2,4,6-7H2,(H,15,16). The van der Waals surface area contributed by atoms with Gasteiger partial charge in [0.15, 0.2) is 0 Å². The highest BCUT2D eigenvalue weighted by Gasteiger charge is 2.32. The van der Waals surface area contributed by atoms with Crippen molar-refractivity contribution in [2.45, 2.75) is 25.7 Å². The highest BCUT2D eigenvalue weighted by Crippen LogP contribution is 2.34. The molecule has 0 radical (unpaired) electrons. The number of carboxylic acids is 1. The number of hydrogen-bond acceptors (Lipinski definition) is 1. The van der Waals surface area contributed by atoms with Crippen molar-refractivity contribution in [3.63, 3.8) is 0 Å². The average molecular weight is 222 g/mol. The Balaban J connectivity index is 2.06. The van der Waals surface area contributed by atoms with Crippen LogP contribution in [0, 0.1) is 17.7 Å². The first-order valence-electron chi connectivity index (χ1n) is 5.64. The SMILES string of the molecule is O=C(O)C1CCCC1Cc1cccc(F)c1. The Hall–Kier alpha value is -1.38. The van der Waals surface area contributed by atoms with Gasteiger partial charge in [0.2, 0.25) is 0 Å². The first kappa shape index (κ1) is 11.1. The lowest BCUT2D eigenvalue weighted by Crippen LogP contribution is -2.19. The predicted molar refractivity (Wildman–Crippen MR) is 58.6 cm³/mol. The molecule has 2 atom stereocenters. The first-order valence-corrected chi connectivity index (χ1v) is 5.64. The first-order chi connectivity index (χ1) is 7.66. The zero-order valence-corrected chi connectivity index (χ0v) is 9.03. The van der Waals surface area contributed by atoms with Gasteiger partial charge in [0, 0.05) is 0 Å². The number of carbonyl (C=O) groups is 1. The van der Waals surface area contributed by atoms with Crippen molar-refractivity contribution in [2.24, 2.45) is 11.8 Å². The van der Waals surface area contributed by atoms with E-state index in [1.165, 1.54) is 12.1 Å². The molecule has 3 heteroatoms. The molecule has 1 aromatic carbocycles. The molecule has 0 saturated heterocycles. The Morgan fingerprint density at radius 1 is 1.44 bits per heavy atom. The molecule has 1 saturated carbocycles. The summed E-state index contributed by atoms with van der Waals surface area (Å²) in [5.41, 5.74) is 0.901. The number of halogens is 1. The molecule has 1 fully saturated rings. The number of aliphatic carboxylic acids is 1. The van der Waals surface area contributed by atoms with Crippen LogP contribution >= 0.6 is 0 Å². The smallest absolute Gasteiger partial charge is 0.306 e. The summed E-state index contributed by atoms with van der Waals surface area (Å²) in [6, 6.07) is 6.44. The third kappa shape index (κ3) is 2.40. The largest absolute Gasteiger partial charge is 0.481 e. The van der Waals surface area contributed by atoms with Crippen LogP contribution in [0.15, 0.2) is 24.3 Å². The summed E-state index contributed by atoms with van der Waals surface area (Å²) >= 11 is 0. The fraction of sp³-hybridized carbons (Fsp3) is 0.462. The average Bonchev–Trinajstić information content (AvgIpc) is 2.66. The lowest BCUT2D eigenvalue weighted by Gasteiger charge is -2.15. The van der Waals surface area contributed by atoms with E-state index in [1.807, 2.05) is 6.07 Å². The van der Waals surface area contributed by atoms with Crippen LogP contribution in [-0.4, -0.2) is 11.1 Å². The van der Waals surface area contributed by atoms with E-state index in [1.54, 1.807) is 6.07 Å². The van der Waals surface area contributed by atoms with Gasteiger partial charge in [-0.2, -0.15) is 0 Å². The van der Waals surface area contributed by atoms with Crippen LogP contribution in [0.3, 0.4) is 0 Å². The summed E-state index contributed by atoms with van der Waals surface area (Å²) in [7, 11) is 0. The van der Waals surface area contributed by atoms with Crippen molar-refractivity contribution in [3.8, 4) is 0 Å². The lowest BCUT2D eigenvalue weighted by atomic mass is 9.90. The maximum atomic E-state index is 13.0. The van der Waals surface area contributed by atoms with Crippen LogP contribution in [0.5, 0.6) is 0 Å². The molecule has 0 heterocycles. The van der Waals surface area contributed by atoms with Crippen LogP contribution in [0.2, 0.25) is 0 Å². The van der Waals surface area contributed by atoms with Crippen LogP contribution < -0.4 is 0 Å². The minimum Gasteiger partial charge on any atom is -0.481 e. The molecule has 1 aliphatic carbocycles. The van der Waals surface area contributed by atoms with Crippen LogP contribution in [0.4, 0.5) is 4.39 Å². The minimum absolute atomic E-state index is 0.166. The summed E-state index contributed by atoms with van der Waals surface area (Å²) in [6.45, 7) is 0. The Morgan fingerprint density at radius 2 is 2.25 bits per heavy atom. The highest BCUT2D eigenvalue weighted by molar-refractivity contribution is 5.70. The van der Waals surface area contributed by atoms with E-state index in [0.29, 0.717) is 6.42 Å². The third-order valence-corrected chi connectivity index (χ3v) is 3.36. The Bertz CT molecular complexity index is 389. The maximum Gasteiger partial charge on any atom is 0.306 e. The van der Waals surface area contributed by atoms with Gasteiger partial charge in [0.05, 0.1) is 5.92 Å².